The number of carbonyl (C=O) groups is 1. The number of imidazole rings is 1. The van der Waals surface area contributed by atoms with Crippen molar-refractivity contribution in [3.8, 4) is 11.5 Å². The Balaban J connectivity index is 1.32. The maximum atomic E-state index is 12.9. The minimum Gasteiger partial charge on any atom is -0.497 e. The fourth-order valence-electron chi connectivity index (χ4n) is 4.48. The van der Waals surface area contributed by atoms with Crippen LogP contribution in [0, 0.1) is 0 Å². The SMILES string of the molecule is COc1ccc(OCCCn2c([C@H]3CC(=O)N(c4ccc(Cl)cc4)C3)nc3ccccc32)cc1. The molecule has 0 unspecified atom stereocenters. The zero-order valence-electron chi connectivity index (χ0n) is 19.0. The van der Waals surface area contributed by atoms with Gasteiger partial charge < -0.3 is 18.9 Å². The Morgan fingerprint density at radius 1 is 1.00 bits per heavy atom. The number of hydrogen-bond acceptors (Lipinski definition) is 4. The molecule has 1 aromatic heterocycles. The van der Waals surface area contributed by atoms with E-state index in [4.69, 9.17) is 26.1 Å². The van der Waals surface area contributed by atoms with Crippen molar-refractivity contribution in [3.05, 3.63) is 83.6 Å². The van der Waals surface area contributed by atoms with E-state index in [-0.39, 0.29) is 11.8 Å². The monoisotopic (exact) mass is 475 g/mol. The molecule has 1 amide bonds. The number of nitrogens with zero attached hydrogens (tertiary/aromatic N) is 3. The summed E-state index contributed by atoms with van der Waals surface area (Å²) in [6, 6.07) is 23.1. The second-order valence-electron chi connectivity index (χ2n) is 8.37. The van der Waals surface area contributed by atoms with Crippen molar-refractivity contribution in [3.63, 3.8) is 0 Å². The van der Waals surface area contributed by atoms with E-state index in [2.05, 4.69) is 10.6 Å². The van der Waals surface area contributed by atoms with Crippen LogP contribution in [0.15, 0.2) is 72.8 Å². The topological polar surface area (TPSA) is 56.6 Å². The largest absolute Gasteiger partial charge is 0.497 e. The maximum absolute atomic E-state index is 12.9. The summed E-state index contributed by atoms with van der Waals surface area (Å²) in [7, 11) is 1.65. The minimum atomic E-state index is 0.0260. The van der Waals surface area contributed by atoms with Gasteiger partial charge in [-0.05, 0) is 67.1 Å². The minimum absolute atomic E-state index is 0.0260. The molecule has 1 aliphatic rings. The van der Waals surface area contributed by atoms with Crippen LogP contribution in [-0.4, -0.2) is 35.7 Å². The maximum Gasteiger partial charge on any atom is 0.227 e. The zero-order chi connectivity index (χ0) is 23.5. The number of aromatic nitrogens is 2. The molecule has 0 N–H and O–H groups in total. The molecule has 1 fully saturated rings. The normalized spacial score (nSPS) is 15.8. The van der Waals surface area contributed by atoms with E-state index in [0.29, 0.717) is 24.6 Å². The summed E-state index contributed by atoms with van der Waals surface area (Å²) in [5, 5.41) is 0.658. The molecule has 7 heteroatoms. The van der Waals surface area contributed by atoms with E-state index < -0.39 is 0 Å². The van der Waals surface area contributed by atoms with Crippen LogP contribution in [0.3, 0.4) is 0 Å². The number of carbonyl (C=O) groups excluding carboxylic acids is 1. The number of methoxy groups -OCH3 is 1. The fourth-order valence-corrected chi connectivity index (χ4v) is 4.60. The number of fused-ring (bicyclic) bond motifs is 1. The predicted molar refractivity (Wildman–Crippen MR) is 134 cm³/mol. The molecule has 174 valence electrons. The van der Waals surface area contributed by atoms with E-state index in [9.17, 15) is 4.79 Å². The molecule has 2 heterocycles. The number of hydrogen-bond donors (Lipinski definition) is 0. The van der Waals surface area contributed by atoms with Crippen LogP contribution in [0.2, 0.25) is 5.02 Å². The first-order chi connectivity index (χ1) is 16.6. The number of halogens is 1. The third-order valence-corrected chi connectivity index (χ3v) is 6.42. The molecule has 1 saturated heterocycles. The van der Waals surface area contributed by atoms with Gasteiger partial charge in [-0.3, -0.25) is 4.79 Å². The molecule has 0 bridgehead atoms. The average Bonchev–Trinajstić information content (AvgIpc) is 3.43. The highest BCUT2D eigenvalue weighted by Gasteiger charge is 2.34. The Bertz CT molecular complexity index is 1280. The Morgan fingerprint density at radius 3 is 2.50 bits per heavy atom. The first-order valence-electron chi connectivity index (χ1n) is 11.4. The van der Waals surface area contributed by atoms with Crippen LogP contribution in [0.25, 0.3) is 11.0 Å². The van der Waals surface area contributed by atoms with Crippen LogP contribution in [0.5, 0.6) is 11.5 Å². The van der Waals surface area contributed by atoms with Gasteiger partial charge in [0.2, 0.25) is 5.91 Å². The lowest BCUT2D eigenvalue weighted by atomic mass is 10.1. The second kappa shape index (κ2) is 9.77. The van der Waals surface area contributed by atoms with E-state index in [1.165, 1.54) is 0 Å². The quantitative estimate of drug-likeness (QED) is 0.307. The van der Waals surface area contributed by atoms with Crippen LogP contribution < -0.4 is 14.4 Å². The standard InChI is InChI=1S/C27H26ClN3O3/c1-33-22-11-13-23(14-12-22)34-16-4-15-30-25-6-3-2-5-24(25)29-27(30)19-17-26(32)31(18-19)21-9-7-20(28)8-10-21/h2-3,5-14,19H,4,15-18H2,1H3/t19-/m0/s1. The number of aryl methyl sites for hydroxylation is 1. The highest BCUT2D eigenvalue weighted by Crippen LogP contribution is 2.33. The molecule has 4 aromatic rings. The van der Waals surface area contributed by atoms with Crippen LogP contribution >= 0.6 is 11.6 Å². The Hall–Kier alpha value is -3.51. The van der Waals surface area contributed by atoms with Crippen LogP contribution in [0.4, 0.5) is 5.69 Å². The van der Waals surface area contributed by atoms with Gasteiger partial charge in [0.1, 0.15) is 17.3 Å². The first kappa shape index (κ1) is 22.3. The lowest BCUT2D eigenvalue weighted by Gasteiger charge is -2.17. The lowest BCUT2D eigenvalue weighted by molar-refractivity contribution is -0.117. The molecule has 0 saturated carbocycles. The zero-order valence-corrected chi connectivity index (χ0v) is 19.7. The van der Waals surface area contributed by atoms with Gasteiger partial charge in [0.15, 0.2) is 0 Å². The van der Waals surface area contributed by atoms with Crippen LogP contribution in [-0.2, 0) is 11.3 Å². The Morgan fingerprint density at radius 2 is 1.74 bits per heavy atom. The molecule has 0 radical (unpaired) electrons. The van der Waals surface area contributed by atoms with Crippen molar-refractivity contribution in [1.29, 1.82) is 0 Å². The van der Waals surface area contributed by atoms with Gasteiger partial charge in [0.25, 0.3) is 0 Å². The third-order valence-electron chi connectivity index (χ3n) is 6.17. The van der Waals surface area contributed by atoms with E-state index >= 15 is 0 Å². The molecule has 0 spiro atoms. The van der Waals surface area contributed by atoms with Gasteiger partial charge in [0, 0.05) is 36.1 Å². The van der Waals surface area contributed by atoms with Crippen molar-refractivity contribution in [1.82, 2.24) is 9.55 Å². The van der Waals surface area contributed by atoms with Crippen molar-refractivity contribution < 1.29 is 14.3 Å². The Labute approximate surface area is 203 Å². The smallest absolute Gasteiger partial charge is 0.227 e. The van der Waals surface area contributed by atoms with Crippen LogP contribution in [0.1, 0.15) is 24.6 Å². The predicted octanol–water partition coefficient (Wildman–Crippen LogP) is 5.69. The molecular weight excluding hydrogens is 450 g/mol. The van der Waals surface area contributed by atoms with E-state index in [0.717, 1.165) is 47.0 Å². The molecule has 34 heavy (non-hydrogen) atoms. The van der Waals surface area contributed by atoms with E-state index in [1.807, 2.05) is 71.6 Å². The van der Waals surface area contributed by atoms with Crippen molar-refractivity contribution in [2.24, 2.45) is 0 Å². The molecular formula is C27H26ClN3O3. The number of anilines is 1. The number of ether oxygens (including phenoxy) is 2. The summed E-state index contributed by atoms with van der Waals surface area (Å²) in [5.74, 6) is 2.71. The third kappa shape index (κ3) is 4.59. The Kier molecular flexibility index (Phi) is 6.41. The number of rotatable bonds is 8. The molecule has 0 aliphatic carbocycles. The average molecular weight is 476 g/mol. The summed E-state index contributed by atoms with van der Waals surface area (Å²) in [6.45, 7) is 1.95. The number of amides is 1. The van der Waals surface area contributed by atoms with Crippen molar-refractivity contribution in [2.75, 3.05) is 25.2 Å². The second-order valence-corrected chi connectivity index (χ2v) is 8.81. The molecule has 1 aliphatic heterocycles. The molecule has 3 aromatic carbocycles. The molecule has 6 nitrogen and oxygen atoms in total. The first-order valence-corrected chi connectivity index (χ1v) is 11.8. The van der Waals surface area contributed by atoms with Gasteiger partial charge >= 0.3 is 0 Å². The molecule has 1 atom stereocenters. The van der Waals surface area contributed by atoms with E-state index in [1.54, 1.807) is 7.11 Å². The van der Waals surface area contributed by atoms with Crippen molar-refractivity contribution in [2.45, 2.75) is 25.3 Å². The fraction of sp³-hybridized carbons (Fsp3) is 0.259. The lowest BCUT2D eigenvalue weighted by Crippen LogP contribution is -2.24. The summed E-state index contributed by atoms with van der Waals surface area (Å²) < 4.78 is 13.4. The number of benzene rings is 3. The highest BCUT2D eigenvalue weighted by atomic mass is 35.5. The van der Waals surface area contributed by atoms with Gasteiger partial charge in [-0.15, -0.1) is 0 Å². The summed E-state index contributed by atoms with van der Waals surface area (Å²) >= 11 is 6.03. The highest BCUT2D eigenvalue weighted by molar-refractivity contribution is 6.30. The summed E-state index contributed by atoms with van der Waals surface area (Å²) in [4.78, 5) is 19.6. The molecule has 5 rings (SSSR count). The summed E-state index contributed by atoms with van der Waals surface area (Å²) in [5.41, 5.74) is 2.90. The van der Waals surface area contributed by atoms with Gasteiger partial charge in [-0.25, -0.2) is 4.98 Å². The summed E-state index contributed by atoms with van der Waals surface area (Å²) in [6.07, 6.45) is 1.26. The van der Waals surface area contributed by atoms with Crippen molar-refractivity contribution >= 4 is 34.2 Å². The van der Waals surface area contributed by atoms with Gasteiger partial charge in [0.05, 0.1) is 24.8 Å². The van der Waals surface area contributed by atoms with Gasteiger partial charge in [-0.1, -0.05) is 23.7 Å². The van der Waals surface area contributed by atoms with Gasteiger partial charge in [-0.2, -0.15) is 0 Å². The number of para-hydroxylation sites is 2.